The molecule has 0 aliphatic heterocycles. The molecule has 0 radical (unpaired) electrons. The fourth-order valence-corrected chi connectivity index (χ4v) is 2.46. The van der Waals surface area contributed by atoms with Gasteiger partial charge in [-0.05, 0) is 40.5 Å². The summed E-state index contributed by atoms with van der Waals surface area (Å²) >= 11 is 3.50. The molecule has 5 heteroatoms. The first-order valence-corrected chi connectivity index (χ1v) is 7.43. The van der Waals surface area contributed by atoms with Crippen molar-refractivity contribution in [1.29, 1.82) is 0 Å². The number of aromatic nitrogens is 1. The van der Waals surface area contributed by atoms with E-state index in [2.05, 4.69) is 46.1 Å². The average Bonchev–Trinajstić information content (AvgIpc) is 2.92. The van der Waals surface area contributed by atoms with Gasteiger partial charge in [-0.25, -0.2) is 4.98 Å². The average molecular weight is 339 g/mol. The van der Waals surface area contributed by atoms with Gasteiger partial charge in [0.15, 0.2) is 0 Å². The molecule has 0 saturated carbocycles. The summed E-state index contributed by atoms with van der Waals surface area (Å²) in [4.78, 5) is 4.24. The molecule has 0 spiro atoms. The van der Waals surface area contributed by atoms with E-state index >= 15 is 0 Å². The zero-order chi connectivity index (χ0) is 14.5. The van der Waals surface area contributed by atoms with Gasteiger partial charge in [0, 0.05) is 12.5 Å². The fraction of sp³-hybridized carbons (Fsp3) is 0.400. The van der Waals surface area contributed by atoms with Gasteiger partial charge >= 0.3 is 0 Å². The monoisotopic (exact) mass is 338 g/mol. The van der Waals surface area contributed by atoms with Crippen molar-refractivity contribution in [1.82, 2.24) is 10.3 Å². The van der Waals surface area contributed by atoms with Gasteiger partial charge in [0.2, 0.25) is 5.89 Å². The van der Waals surface area contributed by atoms with Crippen molar-refractivity contribution in [2.24, 2.45) is 0 Å². The molecule has 2 aromatic rings. The van der Waals surface area contributed by atoms with E-state index in [4.69, 9.17) is 9.15 Å². The summed E-state index contributed by atoms with van der Waals surface area (Å²) in [6, 6.07) is 6.27. The highest BCUT2D eigenvalue weighted by Gasteiger charge is 2.10. The topological polar surface area (TPSA) is 47.3 Å². The molecule has 1 heterocycles. The third kappa shape index (κ3) is 3.61. The number of halogens is 1. The van der Waals surface area contributed by atoms with Gasteiger partial charge in [-0.3, -0.25) is 0 Å². The first-order chi connectivity index (χ1) is 9.63. The lowest BCUT2D eigenvalue weighted by Gasteiger charge is -2.14. The molecular formula is C15H19BrN2O2. The first kappa shape index (κ1) is 15.1. The van der Waals surface area contributed by atoms with Crippen LogP contribution in [-0.2, 0) is 13.0 Å². The first-order valence-electron chi connectivity index (χ1n) is 6.64. The molecule has 1 N–H and O–H groups in total. The summed E-state index contributed by atoms with van der Waals surface area (Å²) in [6.07, 6.45) is 2.65. The van der Waals surface area contributed by atoms with Crippen molar-refractivity contribution in [3.8, 4) is 5.75 Å². The van der Waals surface area contributed by atoms with E-state index in [1.54, 1.807) is 13.3 Å². The predicted octanol–water partition coefficient (Wildman–Crippen LogP) is 3.86. The second-order valence-corrected chi connectivity index (χ2v) is 5.42. The Kier molecular flexibility index (Phi) is 5.20. The normalized spacial score (nSPS) is 12.4. The van der Waals surface area contributed by atoms with Gasteiger partial charge in [0.1, 0.15) is 11.5 Å². The van der Waals surface area contributed by atoms with Crippen molar-refractivity contribution < 1.29 is 9.15 Å². The molecule has 108 valence electrons. The van der Waals surface area contributed by atoms with Crippen LogP contribution >= 0.6 is 15.9 Å². The zero-order valence-electron chi connectivity index (χ0n) is 11.9. The SMILES string of the molecule is CCc1cnc(CNC(C)c2ccc(OC)c(Br)c2)o1. The van der Waals surface area contributed by atoms with Gasteiger partial charge in [-0.15, -0.1) is 0 Å². The summed E-state index contributed by atoms with van der Waals surface area (Å²) in [6.45, 7) is 4.78. The Labute approximate surface area is 127 Å². The van der Waals surface area contributed by atoms with Crippen LogP contribution in [0.1, 0.15) is 37.1 Å². The molecule has 2 rings (SSSR count). The maximum atomic E-state index is 5.58. The molecule has 0 bridgehead atoms. The summed E-state index contributed by atoms with van der Waals surface area (Å²) in [5.74, 6) is 2.48. The van der Waals surface area contributed by atoms with Crippen LogP contribution in [-0.4, -0.2) is 12.1 Å². The van der Waals surface area contributed by atoms with E-state index in [1.165, 1.54) is 5.56 Å². The second-order valence-electron chi connectivity index (χ2n) is 4.57. The standard InChI is InChI=1S/C15H19BrN2O2/c1-4-12-8-18-15(20-12)9-17-10(2)11-5-6-14(19-3)13(16)7-11/h5-8,10,17H,4,9H2,1-3H3. The number of methoxy groups -OCH3 is 1. The summed E-state index contributed by atoms with van der Waals surface area (Å²) < 4.78 is 11.8. The number of nitrogens with zero attached hydrogens (tertiary/aromatic N) is 1. The predicted molar refractivity (Wildman–Crippen MR) is 81.8 cm³/mol. The largest absolute Gasteiger partial charge is 0.496 e. The Morgan fingerprint density at radius 2 is 2.25 bits per heavy atom. The molecule has 20 heavy (non-hydrogen) atoms. The van der Waals surface area contributed by atoms with Crippen molar-refractivity contribution in [3.05, 3.63) is 46.1 Å². The molecule has 1 aromatic heterocycles. The van der Waals surface area contributed by atoms with Crippen LogP contribution in [0, 0.1) is 0 Å². The number of hydrogen-bond donors (Lipinski definition) is 1. The molecule has 1 atom stereocenters. The maximum absolute atomic E-state index is 5.58. The third-order valence-corrected chi connectivity index (χ3v) is 3.80. The smallest absolute Gasteiger partial charge is 0.208 e. The maximum Gasteiger partial charge on any atom is 0.208 e. The molecular weight excluding hydrogens is 320 g/mol. The van der Waals surface area contributed by atoms with Crippen molar-refractivity contribution in [2.75, 3.05) is 7.11 Å². The minimum atomic E-state index is 0.203. The Morgan fingerprint density at radius 3 is 2.85 bits per heavy atom. The number of aryl methyl sites for hydroxylation is 1. The Morgan fingerprint density at radius 1 is 1.45 bits per heavy atom. The van der Waals surface area contributed by atoms with Crippen LogP contribution in [0.5, 0.6) is 5.75 Å². The van der Waals surface area contributed by atoms with Crippen LogP contribution in [0.3, 0.4) is 0 Å². The zero-order valence-corrected chi connectivity index (χ0v) is 13.5. The lowest BCUT2D eigenvalue weighted by atomic mass is 10.1. The van der Waals surface area contributed by atoms with Crippen molar-refractivity contribution in [3.63, 3.8) is 0 Å². The van der Waals surface area contributed by atoms with Crippen molar-refractivity contribution >= 4 is 15.9 Å². The summed E-state index contributed by atoms with van der Waals surface area (Å²) in [5.41, 5.74) is 1.18. The van der Waals surface area contributed by atoms with Crippen LogP contribution in [0.15, 0.2) is 33.3 Å². The van der Waals surface area contributed by atoms with E-state index < -0.39 is 0 Å². The Bertz CT molecular complexity index is 569. The molecule has 0 saturated heterocycles. The van der Waals surface area contributed by atoms with Crippen LogP contribution < -0.4 is 10.1 Å². The lowest BCUT2D eigenvalue weighted by Crippen LogP contribution is -2.18. The van der Waals surface area contributed by atoms with Crippen LogP contribution in [0.4, 0.5) is 0 Å². The Hall–Kier alpha value is -1.33. The molecule has 1 aromatic carbocycles. The highest BCUT2D eigenvalue weighted by molar-refractivity contribution is 9.10. The van der Waals surface area contributed by atoms with Gasteiger partial charge in [-0.2, -0.15) is 0 Å². The summed E-state index contributed by atoms with van der Waals surface area (Å²) in [7, 11) is 1.66. The van der Waals surface area contributed by atoms with E-state index in [1.807, 2.05) is 12.1 Å². The molecule has 0 aliphatic carbocycles. The minimum Gasteiger partial charge on any atom is -0.496 e. The van der Waals surface area contributed by atoms with Gasteiger partial charge in [0.05, 0.1) is 24.3 Å². The number of ether oxygens (including phenoxy) is 1. The lowest BCUT2D eigenvalue weighted by molar-refractivity contribution is 0.410. The molecule has 0 aliphatic rings. The van der Waals surface area contributed by atoms with E-state index in [9.17, 15) is 0 Å². The van der Waals surface area contributed by atoms with Crippen molar-refractivity contribution in [2.45, 2.75) is 32.9 Å². The van der Waals surface area contributed by atoms with Gasteiger partial charge in [-0.1, -0.05) is 13.0 Å². The molecule has 0 fully saturated rings. The fourth-order valence-electron chi connectivity index (χ4n) is 1.90. The number of rotatable bonds is 6. The number of hydrogen-bond acceptors (Lipinski definition) is 4. The van der Waals surface area contributed by atoms with Crippen LogP contribution in [0.25, 0.3) is 0 Å². The molecule has 4 nitrogen and oxygen atoms in total. The van der Waals surface area contributed by atoms with E-state index in [0.717, 1.165) is 28.3 Å². The highest BCUT2D eigenvalue weighted by atomic mass is 79.9. The van der Waals surface area contributed by atoms with E-state index in [0.29, 0.717) is 6.54 Å². The number of nitrogens with one attached hydrogen (secondary N) is 1. The summed E-state index contributed by atoms with van der Waals surface area (Å²) in [5, 5.41) is 3.40. The number of benzene rings is 1. The van der Waals surface area contributed by atoms with Gasteiger partial charge < -0.3 is 14.5 Å². The third-order valence-electron chi connectivity index (χ3n) is 3.19. The minimum absolute atomic E-state index is 0.203. The number of oxazole rings is 1. The quantitative estimate of drug-likeness (QED) is 0.868. The highest BCUT2D eigenvalue weighted by Crippen LogP contribution is 2.28. The molecule has 1 unspecified atom stereocenters. The van der Waals surface area contributed by atoms with Gasteiger partial charge in [0.25, 0.3) is 0 Å². The van der Waals surface area contributed by atoms with Crippen LogP contribution in [0.2, 0.25) is 0 Å². The molecule has 0 amide bonds. The second kappa shape index (κ2) is 6.90. The van der Waals surface area contributed by atoms with E-state index in [-0.39, 0.29) is 6.04 Å². The Balaban J connectivity index is 1.97.